The number of carbonyl (C=O) groups excluding carboxylic acids is 2. The van der Waals surface area contributed by atoms with Crippen molar-refractivity contribution in [1.29, 1.82) is 0 Å². The molecule has 0 radical (unpaired) electrons. The lowest BCUT2D eigenvalue weighted by Crippen LogP contribution is -2.32. The van der Waals surface area contributed by atoms with Crippen molar-refractivity contribution in [2.75, 3.05) is 19.6 Å². The molecule has 1 amide bonds. The van der Waals surface area contributed by atoms with Gasteiger partial charge in [-0.25, -0.2) is 9.97 Å². The molecule has 0 aromatic carbocycles. The highest BCUT2D eigenvalue weighted by Crippen LogP contribution is 2.38. The second kappa shape index (κ2) is 15.6. The van der Waals surface area contributed by atoms with Gasteiger partial charge in [-0.2, -0.15) is 0 Å². The largest absolute Gasteiger partial charge is 0.355 e. The lowest BCUT2D eigenvalue weighted by atomic mass is 9.97. The van der Waals surface area contributed by atoms with Crippen LogP contribution >= 0.6 is 0 Å². The molecule has 0 saturated carbocycles. The number of fused-ring (bicyclic) bond motifs is 8. The van der Waals surface area contributed by atoms with Crippen LogP contribution < -0.4 is 10.6 Å². The number of carbonyl (C=O) groups is 2. The standard InChI is InChI=1S/C41H50N6O2/c1-9-12-17-42-18-19-43-41(49)16-15-32-28(8)34-20-33-25(5)29(10-2)37(44-33)21-35-26(6)30(11-3)38(45-35)22-36-27(7)31(14-13-24(4)48)39(47-36)23-40(32)46-34/h10-11,20-23,42,44-45H,2-3,9,12-19H2,1,4-8H3,(H,43,49). The van der Waals surface area contributed by atoms with Crippen molar-refractivity contribution < 1.29 is 9.59 Å². The van der Waals surface area contributed by atoms with Gasteiger partial charge in [-0.15, -0.1) is 0 Å². The average Bonchev–Trinajstić information content (AvgIpc) is 3.73. The highest BCUT2D eigenvalue weighted by Gasteiger charge is 2.22. The first-order valence-corrected chi connectivity index (χ1v) is 17.4. The Labute approximate surface area is 290 Å². The Kier molecular flexibility index (Phi) is 11.3. The molecule has 2 aliphatic rings. The molecule has 0 unspecified atom stereocenters. The van der Waals surface area contributed by atoms with E-state index in [-0.39, 0.29) is 11.7 Å². The van der Waals surface area contributed by atoms with Crippen LogP contribution in [0.25, 0.3) is 56.5 Å². The Hall–Kier alpha value is -4.82. The van der Waals surface area contributed by atoms with Crippen LogP contribution in [0.15, 0.2) is 37.4 Å². The van der Waals surface area contributed by atoms with Crippen molar-refractivity contribution in [2.45, 2.75) is 80.1 Å². The Balaban J connectivity index is 1.69. The lowest BCUT2D eigenvalue weighted by molar-refractivity contribution is -0.121. The number of Topliss-reactive ketones (excluding diaryl/α,β-unsaturated/α-hetero) is 1. The van der Waals surface area contributed by atoms with Gasteiger partial charge in [0.2, 0.25) is 5.91 Å². The summed E-state index contributed by atoms with van der Waals surface area (Å²) >= 11 is 0. The molecule has 5 heterocycles. The first-order valence-electron chi connectivity index (χ1n) is 17.4. The number of hydrogen-bond donors (Lipinski definition) is 4. The van der Waals surface area contributed by atoms with Crippen molar-refractivity contribution in [1.82, 2.24) is 30.6 Å². The van der Waals surface area contributed by atoms with Crippen molar-refractivity contribution in [3.8, 4) is 0 Å². The van der Waals surface area contributed by atoms with Gasteiger partial charge in [0.1, 0.15) is 5.78 Å². The number of nitrogens with zero attached hydrogens (tertiary/aromatic N) is 2. The third-order valence-corrected chi connectivity index (χ3v) is 9.70. The first-order chi connectivity index (χ1) is 23.6. The summed E-state index contributed by atoms with van der Waals surface area (Å²) in [6, 6.07) is 8.32. The van der Waals surface area contributed by atoms with Crippen LogP contribution in [-0.4, -0.2) is 51.3 Å². The van der Waals surface area contributed by atoms with Crippen LogP contribution in [0.5, 0.6) is 0 Å². The molecule has 3 aromatic heterocycles. The van der Waals surface area contributed by atoms with Gasteiger partial charge in [0.15, 0.2) is 0 Å². The van der Waals surface area contributed by atoms with Gasteiger partial charge in [-0.05, 0) is 118 Å². The zero-order valence-corrected chi connectivity index (χ0v) is 30.0. The summed E-state index contributed by atoms with van der Waals surface area (Å²) in [4.78, 5) is 42.6. The number of aryl methyl sites for hydroxylation is 2. The molecule has 3 aromatic rings. The van der Waals surface area contributed by atoms with E-state index in [0.717, 1.165) is 115 Å². The van der Waals surface area contributed by atoms with Crippen LogP contribution in [-0.2, 0) is 9.59 Å². The quantitative estimate of drug-likeness (QED) is 0.129. The maximum absolute atomic E-state index is 12.9. The zero-order valence-electron chi connectivity index (χ0n) is 30.0. The molecule has 8 heteroatoms. The fourth-order valence-corrected chi connectivity index (χ4v) is 6.65. The normalized spacial score (nSPS) is 12.9. The summed E-state index contributed by atoms with van der Waals surface area (Å²) < 4.78 is 0. The first kappa shape index (κ1) is 35.5. The number of rotatable bonds is 14. The van der Waals surface area contributed by atoms with E-state index in [0.29, 0.717) is 32.2 Å². The number of ketones is 1. The monoisotopic (exact) mass is 658 g/mol. The molecule has 0 atom stereocenters. The summed E-state index contributed by atoms with van der Waals surface area (Å²) in [5.74, 6) is 0.152. The summed E-state index contributed by atoms with van der Waals surface area (Å²) in [6.07, 6.45) is 7.95. The second-order valence-electron chi connectivity index (χ2n) is 13.1. The molecule has 8 bridgehead atoms. The van der Waals surface area contributed by atoms with Crippen molar-refractivity contribution in [3.05, 3.63) is 82.5 Å². The number of hydrogen-bond acceptors (Lipinski definition) is 5. The van der Waals surface area contributed by atoms with Crippen molar-refractivity contribution in [3.63, 3.8) is 0 Å². The highest BCUT2D eigenvalue weighted by molar-refractivity contribution is 5.97. The van der Waals surface area contributed by atoms with Crippen molar-refractivity contribution >= 4 is 68.2 Å². The van der Waals surface area contributed by atoms with E-state index in [4.69, 9.17) is 9.97 Å². The Morgan fingerprint density at radius 2 is 1.24 bits per heavy atom. The number of aromatic nitrogens is 4. The van der Waals surface area contributed by atoms with Crippen molar-refractivity contribution in [2.24, 2.45) is 0 Å². The number of nitrogens with one attached hydrogen (secondary N) is 4. The lowest BCUT2D eigenvalue weighted by Gasteiger charge is -2.08. The van der Waals surface area contributed by atoms with Gasteiger partial charge in [0.05, 0.1) is 22.8 Å². The summed E-state index contributed by atoms with van der Waals surface area (Å²) in [5.41, 5.74) is 15.4. The highest BCUT2D eigenvalue weighted by atomic mass is 16.1. The van der Waals surface area contributed by atoms with E-state index in [1.165, 1.54) is 0 Å². The molecule has 8 nitrogen and oxygen atoms in total. The maximum Gasteiger partial charge on any atom is 0.220 e. The van der Waals surface area contributed by atoms with E-state index in [1.54, 1.807) is 6.92 Å². The molecule has 5 rings (SSSR count). The average molecular weight is 659 g/mol. The van der Waals surface area contributed by atoms with E-state index in [2.05, 4.69) is 86.6 Å². The molecule has 2 aliphatic heterocycles. The van der Waals surface area contributed by atoms with E-state index < -0.39 is 0 Å². The molecular weight excluding hydrogens is 608 g/mol. The third-order valence-electron chi connectivity index (χ3n) is 9.70. The molecule has 4 N–H and O–H groups in total. The van der Waals surface area contributed by atoms with E-state index in [9.17, 15) is 9.59 Å². The smallest absolute Gasteiger partial charge is 0.220 e. The third kappa shape index (κ3) is 7.75. The van der Waals surface area contributed by atoms with Gasteiger partial charge < -0.3 is 25.4 Å². The van der Waals surface area contributed by atoms with E-state index in [1.807, 2.05) is 18.2 Å². The topological polar surface area (TPSA) is 116 Å². The van der Waals surface area contributed by atoms with Crippen LogP contribution in [0, 0.1) is 13.8 Å². The van der Waals surface area contributed by atoms with Crippen LogP contribution in [0.2, 0.25) is 0 Å². The van der Waals surface area contributed by atoms with Gasteiger partial charge >= 0.3 is 0 Å². The summed E-state index contributed by atoms with van der Waals surface area (Å²) in [6.45, 7) is 22.7. The Morgan fingerprint density at radius 3 is 1.80 bits per heavy atom. The molecule has 49 heavy (non-hydrogen) atoms. The second-order valence-corrected chi connectivity index (χ2v) is 13.1. The molecule has 256 valence electrons. The number of allylic oxidation sites excluding steroid dienone is 4. The Morgan fingerprint density at radius 1 is 0.714 bits per heavy atom. The minimum atomic E-state index is 0.0172. The molecule has 0 fully saturated rings. The fraction of sp³-hybridized carbons (Fsp3) is 0.366. The predicted octanol–water partition coefficient (Wildman–Crippen LogP) is 8.73. The zero-order chi connectivity index (χ0) is 35.2. The SMILES string of the molecule is C=Cc1c(C)c2cc3[nH]c(cc4nc(cc5nc(cc1[nH]2)C(C)=C5CCC(C)=O)C(CCC(=O)NCCNCCCC)=C4C)c(C)c3C=C. The Bertz CT molecular complexity index is 2040. The van der Waals surface area contributed by atoms with Crippen LogP contribution in [0.1, 0.15) is 111 Å². The fourth-order valence-electron chi connectivity index (χ4n) is 6.65. The van der Waals surface area contributed by atoms with Gasteiger partial charge in [0.25, 0.3) is 0 Å². The maximum atomic E-state index is 12.9. The molecular formula is C41H50N6O2. The summed E-state index contributed by atoms with van der Waals surface area (Å²) in [7, 11) is 0. The molecule has 0 aliphatic carbocycles. The summed E-state index contributed by atoms with van der Waals surface area (Å²) in [5, 5.41) is 6.43. The van der Waals surface area contributed by atoms with Crippen LogP contribution in [0.3, 0.4) is 0 Å². The number of amides is 1. The van der Waals surface area contributed by atoms with E-state index >= 15 is 0 Å². The van der Waals surface area contributed by atoms with Gasteiger partial charge in [0, 0.05) is 59.1 Å². The number of aromatic amines is 2. The van der Waals surface area contributed by atoms with Gasteiger partial charge in [-0.1, -0.05) is 38.7 Å². The van der Waals surface area contributed by atoms with Gasteiger partial charge in [-0.3, -0.25) is 4.79 Å². The number of unbranched alkanes of at least 4 members (excludes halogenated alkanes) is 1. The minimum Gasteiger partial charge on any atom is -0.355 e. The minimum absolute atomic E-state index is 0.0172. The molecule has 0 saturated heterocycles. The van der Waals surface area contributed by atoms with Crippen LogP contribution in [0.4, 0.5) is 0 Å². The number of H-pyrrole nitrogens is 2. The molecule has 0 spiro atoms. The predicted molar refractivity (Wildman–Crippen MR) is 206 cm³/mol.